The fraction of sp³-hybridized carbons (Fsp3) is 0.467. The Hall–Kier alpha value is -2.31. The first-order chi connectivity index (χ1) is 10.4. The zero-order valence-electron chi connectivity index (χ0n) is 12.5. The summed E-state index contributed by atoms with van der Waals surface area (Å²) in [5, 5.41) is 8.87. The number of likely N-dealkylation sites (tertiary alicyclic amines) is 1. The number of methoxy groups -OCH3 is 2. The van der Waals surface area contributed by atoms with Gasteiger partial charge in [-0.05, 0) is 12.1 Å². The van der Waals surface area contributed by atoms with Gasteiger partial charge in [-0.1, -0.05) is 6.07 Å². The monoisotopic (exact) mass is 311 g/mol. The summed E-state index contributed by atoms with van der Waals surface area (Å²) in [6.45, 7) is -0.349. The van der Waals surface area contributed by atoms with Crippen molar-refractivity contribution in [1.82, 2.24) is 4.90 Å². The molecular formula is C15H18FNO5. The number of carbonyl (C=O) groups excluding carboxylic acids is 1. The lowest BCUT2D eigenvalue weighted by atomic mass is 10.1. The largest absolute Gasteiger partial charge is 0.496 e. The van der Waals surface area contributed by atoms with Gasteiger partial charge in [0, 0.05) is 18.5 Å². The lowest BCUT2D eigenvalue weighted by Crippen LogP contribution is -2.39. The number of nitrogens with zero attached hydrogens (tertiary/aromatic N) is 1. The topological polar surface area (TPSA) is 76.1 Å². The predicted molar refractivity (Wildman–Crippen MR) is 75.9 cm³/mol. The number of amides is 1. The van der Waals surface area contributed by atoms with E-state index in [4.69, 9.17) is 14.6 Å². The van der Waals surface area contributed by atoms with E-state index in [1.54, 1.807) is 18.2 Å². The number of carbonyl (C=O) groups is 2. The molecule has 1 aliphatic heterocycles. The summed E-state index contributed by atoms with van der Waals surface area (Å²) in [5.74, 6) is -0.894. The first kappa shape index (κ1) is 16.1. The second-order valence-electron chi connectivity index (χ2n) is 5.15. The molecule has 0 aliphatic carbocycles. The van der Waals surface area contributed by atoms with E-state index in [1.165, 1.54) is 19.1 Å². The highest BCUT2D eigenvalue weighted by atomic mass is 19.1. The van der Waals surface area contributed by atoms with Gasteiger partial charge in [0.05, 0.1) is 27.2 Å². The van der Waals surface area contributed by atoms with E-state index in [2.05, 4.69) is 0 Å². The molecule has 0 aromatic heterocycles. The Kier molecular flexibility index (Phi) is 4.54. The van der Waals surface area contributed by atoms with Crippen LogP contribution < -0.4 is 9.47 Å². The van der Waals surface area contributed by atoms with Crippen LogP contribution in [0.2, 0.25) is 0 Å². The van der Waals surface area contributed by atoms with Crippen molar-refractivity contribution in [3.8, 4) is 11.5 Å². The van der Waals surface area contributed by atoms with Crippen molar-refractivity contribution in [3.63, 3.8) is 0 Å². The van der Waals surface area contributed by atoms with Crippen LogP contribution in [0.5, 0.6) is 11.5 Å². The summed E-state index contributed by atoms with van der Waals surface area (Å²) >= 11 is 0. The van der Waals surface area contributed by atoms with Crippen LogP contribution in [0.25, 0.3) is 0 Å². The average Bonchev–Trinajstić information content (AvgIpc) is 2.91. The molecular weight excluding hydrogens is 293 g/mol. The maximum absolute atomic E-state index is 14.0. The smallest absolute Gasteiger partial charge is 0.343 e. The molecule has 0 bridgehead atoms. The van der Waals surface area contributed by atoms with Crippen LogP contribution in [0, 0.1) is 0 Å². The van der Waals surface area contributed by atoms with Crippen molar-refractivity contribution in [3.05, 3.63) is 23.8 Å². The van der Waals surface area contributed by atoms with Crippen molar-refractivity contribution in [2.45, 2.75) is 18.5 Å². The van der Waals surface area contributed by atoms with Crippen molar-refractivity contribution >= 4 is 11.9 Å². The van der Waals surface area contributed by atoms with Gasteiger partial charge in [-0.15, -0.1) is 0 Å². The Morgan fingerprint density at radius 2 is 1.91 bits per heavy atom. The highest BCUT2D eigenvalue weighted by Crippen LogP contribution is 2.31. The second-order valence-corrected chi connectivity index (χ2v) is 5.15. The summed E-state index contributed by atoms with van der Waals surface area (Å²) in [7, 11) is 2.96. The molecule has 120 valence electrons. The fourth-order valence-electron chi connectivity index (χ4n) is 2.53. The van der Waals surface area contributed by atoms with Gasteiger partial charge in [0.15, 0.2) is 0 Å². The van der Waals surface area contributed by atoms with Crippen molar-refractivity contribution < 1.29 is 28.6 Å². The van der Waals surface area contributed by atoms with Gasteiger partial charge < -0.3 is 19.5 Å². The fourth-order valence-corrected chi connectivity index (χ4v) is 2.53. The second kappa shape index (κ2) is 6.21. The minimum atomic E-state index is -2.36. The number of halogens is 1. The minimum absolute atomic E-state index is 0.0388. The molecule has 2 rings (SSSR count). The Balaban J connectivity index is 2.15. The first-order valence-corrected chi connectivity index (χ1v) is 6.81. The summed E-state index contributed by atoms with van der Waals surface area (Å²) in [4.78, 5) is 24.4. The number of ether oxygens (including phenoxy) is 2. The lowest BCUT2D eigenvalue weighted by molar-refractivity contribution is -0.150. The number of carboxylic acid groups (broad SMARTS) is 1. The van der Waals surface area contributed by atoms with Gasteiger partial charge in [-0.3, -0.25) is 4.79 Å². The molecule has 0 radical (unpaired) electrons. The Morgan fingerprint density at radius 3 is 2.36 bits per heavy atom. The molecule has 1 N–H and O–H groups in total. The lowest BCUT2D eigenvalue weighted by Gasteiger charge is -2.19. The number of hydrogen-bond acceptors (Lipinski definition) is 4. The van der Waals surface area contributed by atoms with Crippen LogP contribution in [-0.2, 0) is 16.0 Å². The molecule has 1 unspecified atom stereocenters. The van der Waals surface area contributed by atoms with E-state index < -0.39 is 18.2 Å². The number of carboxylic acids is 1. The molecule has 1 saturated heterocycles. The van der Waals surface area contributed by atoms with Crippen molar-refractivity contribution in [2.75, 3.05) is 27.3 Å². The third-order valence-electron chi connectivity index (χ3n) is 3.81. The van der Waals surface area contributed by atoms with Crippen LogP contribution in [0.1, 0.15) is 12.0 Å². The van der Waals surface area contributed by atoms with E-state index in [0.29, 0.717) is 17.1 Å². The molecule has 1 heterocycles. The molecule has 1 aliphatic rings. The zero-order valence-corrected chi connectivity index (χ0v) is 12.5. The predicted octanol–water partition coefficient (Wildman–Crippen LogP) is 1.27. The SMILES string of the molecule is COc1cccc(OC)c1CC(=O)N1CCC(F)(C(=O)O)C1. The van der Waals surface area contributed by atoms with Crippen LogP contribution in [0.3, 0.4) is 0 Å². The molecule has 1 fully saturated rings. The summed E-state index contributed by atoms with van der Waals surface area (Å²) in [6.07, 6.45) is -0.236. The Morgan fingerprint density at radius 1 is 1.32 bits per heavy atom. The first-order valence-electron chi connectivity index (χ1n) is 6.81. The minimum Gasteiger partial charge on any atom is -0.496 e. The molecule has 1 amide bonds. The highest BCUT2D eigenvalue weighted by Gasteiger charge is 2.46. The molecule has 1 aromatic carbocycles. The van der Waals surface area contributed by atoms with Gasteiger partial charge in [-0.2, -0.15) is 0 Å². The van der Waals surface area contributed by atoms with E-state index in [9.17, 15) is 14.0 Å². The van der Waals surface area contributed by atoms with E-state index in [-0.39, 0.29) is 25.3 Å². The van der Waals surface area contributed by atoms with Gasteiger partial charge in [0.25, 0.3) is 0 Å². The number of benzene rings is 1. The quantitative estimate of drug-likeness (QED) is 0.886. The van der Waals surface area contributed by atoms with Crippen LogP contribution in [0.4, 0.5) is 4.39 Å². The average molecular weight is 311 g/mol. The van der Waals surface area contributed by atoms with Crippen LogP contribution in [-0.4, -0.2) is 54.9 Å². The third-order valence-corrected chi connectivity index (χ3v) is 3.81. The van der Waals surface area contributed by atoms with Crippen molar-refractivity contribution in [1.29, 1.82) is 0 Å². The van der Waals surface area contributed by atoms with Gasteiger partial charge in [0.2, 0.25) is 11.6 Å². The van der Waals surface area contributed by atoms with Gasteiger partial charge in [-0.25, -0.2) is 9.18 Å². The standard InChI is InChI=1S/C15H18FNO5/c1-21-11-4-3-5-12(22-2)10(11)8-13(18)17-7-6-15(16,9-17)14(19)20/h3-5H,6-9H2,1-2H3,(H,19,20). The maximum Gasteiger partial charge on any atom is 0.343 e. The number of hydrogen-bond donors (Lipinski definition) is 1. The summed E-state index contributed by atoms with van der Waals surface area (Å²) < 4.78 is 24.5. The normalized spacial score (nSPS) is 20.8. The molecule has 7 heteroatoms. The number of alkyl halides is 1. The highest BCUT2D eigenvalue weighted by molar-refractivity contribution is 5.84. The Labute approximate surface area is 127 Å². The summed E-state index contributed by atoms with van der Waals surface area (Å²) in [6, 6.07) is 5.14. The molecule has 6 nitrogen and oxygen atoms in total. The maximum atomic E-state index is 14.0. The molecule has 0 saturated carbocycles. The third kappa shape index (κ3) is 2.98. The van der Waals surface area contributed by atoms with E-state index >= 15 is 0 Å². The zero-order chi connectivity index (χ0) is 16.3. The van der Waals surface area contributed by atoms with Crippen LogP contribution in [0.15, 0.2) is 18.2 Å². The Bertz CT molecular complexity index is 569. The van der Waals surface area contributed by atoms with Gasteiger partial charge in [0.1, 0.15) is 11.5 Å². The van der Waals surface area contributed by atoms with Crippen molar-refractivity contribution in [2.24, 2.45) is 0 Å². The molecule has 1 aromatic rings. The molecule has 22 heavy (non-hydrogen) atoms. The van der Waals surface area contributed by atoms with E-state index in [1.807, 2.05) is 0 Å². The summed E-state index contributed by atoms with van der Waals surface area (Å²) in [5.41, 5.74) is -1.80. The molecule has 0 spiro atoms. The van der Waals surface area contributed by atoms with Crippen LogP contribution >= 0.6 is 0 Å². The number of aliphatic carboxylic acids is 1. The van der Waals surface area contributed by atoms with Gasteiger partial charge >= 0.3 is 5.97 Å². The van der Waals surface area contributed by atoms with E-state index in [0.717, 1.165) is 0 Å². The number of rotatable bonds is 5. The molecule has 1 atom stereocenters.